The molecule has 7 heteroatoms. The Morgan fingerprint density at radius 3 is 2.41 bits per heavy atom. The fourth-order valence-electron chi connectivity index (χ4n) is 3.65. The van der Waals surface area contributed by atoms with E-state index in [1.807, 2.05) is 4.90 Å². The molecule has 1 aromatic carbocycles. The third kappa shape index (κ3) is 4.67. The van der Waals surface area contributed by atoms with Crippen LogP contribution in [-0.2, 0) is 16.1 Å². The smallest absolute Gasteiger partial charge is 0.253 e. The van der Waals surface area contributed by atoms with Crippen LogP contribution < -0.4 is 10.6 Å². The predicted molar refractivity (Wildman–Crippen MR) is 107 cm³/mol. The lowest BCUT2D eigenvalue weighted by Gasteiger charge is -2.31. The number of amides is 3. The van der Waals surface area contributed by atoms with Gasteiger partial charge >= 0.3 is 0 Å². The molecule has 0 bridgehead atoms. The monoisotopic (exact) mass is 395 g/mol. The number of rotatable bonds is 6. The molecule has 2 aliphatic rings. The second-order valence-electron chi connectivity index (χ2n) is 7.67. The molecule has 2 N–H and O–H groups in total. The Labute approximate surface area is 169 Å². The van der Waals surface area contributed by atoms with Crippen LogP contribution in [0.2, 0.25) is 0 Å². The SMILES string of the molecule is O=C(NCc1ccco1)c1ccccc1NC(=O)C1CCN(C(=O)C2CC2)CC1. The van der Waals surface area contributed by atoms with Crippen molar-refractivity contribution < 1.29 is 18.8 Å². The van der Waals surface area contributed by atoms with Crippen LogP contribution in [0, 0.1) is 11.8 Å². The van der Waals surface area contributed by atoms with Crippen molar-refractivity contribution in [3.8, 4) is 0 Å². The molecule has 1 aliphatic heterocycles. The molecular formula is C22H25N3O4. The number of carbonyl (C=O) groups is 3. The van der Waals surface area contributed by atoms with Gasteiger partial charge in [-0.15, -0.1) is 0 Å². The number of carbonyl (C=O) groups excluding carboxylic acids is 3. The van der Waals surface area contributed by atoms with E-state index < -0.39 is 0 Å². The second-order valence-corrected chi connectivity index (χ2v) is 7.67. The Morgan fingerprint density at radius 1 is 0.966 bits per heavy atom. The molecular weight excluding hydrogens is 370 g/mol. The molecule has 152 valence electrons. The molecule has 2 heterocycles. The number of nitrogens with one attached hydrogen (secondary N) is 2. The van der Waals surface area contributed by atoms with Crippen molar-refractivity contribution in [3.63, 3.8) is 0 Å². The van der Waals surface area contributed by atoms with Gasteiger partial charge < -0.3 is 20.0 Å². The van der Waals surface area contributed by atoms with Crippen molar-refractivity contribution in [1.29, 1.82) is 0 Å². The topological polar surface area (TPSA) is 91.7 Å². The van der Waals surface area contributed by atoms with Crippen molar-refractivity contribution in [3.05, 3.63) is 54.0 Å². The summed E-state index contributed by atoms with van der Waals surface area (Å²) in [5.74, 6) is 0.580. The zero-order chi connectivity index (χ0) is 20.2. The molecule has 1 aromatic heterocycles. The maximum Gasteiger partial charge on any atom is 0.253 e. The predicted octanol–water partition coefficient (Wildman–Crippen LogP) is 2.80. The summed E-state index contributed by atoms with van der Waals surface area (Å²) in [6.07, 6.45) is 4.85. The molecule has 2 fully saturated rings. The number of likely N-dealkylation sites (tertiary alicyclic amines) is 1. The maximum absolute atomic E-state index is 12.7. The highest BCUT2D eigenvalue weighted by Crippen LogP contribution is 2.32. The quantitative estimate of drug-likeness (QED) is 0.787. The van der Waals surface area contributed by atoms with Gasteiger partial charge in [-0.1, -0.05) is 12.1 Å². The fraction of sp³-hybridized carbons (Fsp3) is 0.409. The van der Waals surface area contributed by atoms with E-state index in [2.05, 4.69) is 10.6 Å². The van der Waals surface area contributed by atoms with Crippen LogP contribution in [0.4, 0.5) is 5.69 Å². The Hall–Kier alpha value is -3.09. The van der Waals surface area contributed by atoms with Gasteiger partial charge in [-0.25, -0.2) is 0 Å². The first-order valence-corrected chi connectivity index (χ1v) is 10.1. The van der Waals surface area contributed by atoms with Gasteiger partial charge in [0.1, 0.15) is 5.76 Å². The van der Waals surface area contributed by atoms with Gasteiger partial charge in [0.25, 0.3) is 5.91 Å². The Bertz CT molecular complexity index is 881. The number of hydrogen-bond donors (Lipinski definition) is 2. The highest BCUT2D eigenvalue weighted by Gasteiger charge is 2.36. The molecule has 0 spiro atoms. The van der Waals surface area contributed by atoms with Crippen molar-refractivity contribution in [1.82, 2.24) is 10.2 Å². The van der Waals surface area contributed by atoms with E-state index >= 15 is 0 Å². The van der Waals surface area contributed by atoms with Gasteiger partial charge in [-0.3, -0.25) is 14.4 Å². The Kier molecular flexibility index (Phi) is 5.64. The van der Waals surface area contributed by atoms with Crippen molar-refractivity contribution in [2.45, 2.75) is 32.2 Å². The van der Waals surface area contributed by atoms with E-state index in [0.29, 0.717) is 42.9 Å². The summed E-state index contributed by atoms with van der Waals surface area (Å²) >= 11 is 0. The minimum Gasteiger partial charge on any atom is -0.467 e. The highest BCUT2D eigenvalue weighted by molar-refractivity contribution is 6.04. The Morgan fingerprint density at radius 2 is 1.72 bits per heavy atom. The number of hydrogen-bond acceptors (Lipinski definition) is 4. The normalized spacial score (nSPS) is 17.0. The van der Waals surface area contributed by atoms with Gasteiger partial charge in [0, 0.05) is 24.9 Å². The molecule has 1 aliphatic carbocycles. The third-order valence-corrected chi connectivity index (χ3v) is 5.54. The standard InChI is InChI=1S/C22H25N3O4/c26-20(15-9-11-25(12-10-15)22(28)16-7-8-16)24-19-6-2-1-5-18(19)21(27)23-14-17-4-3-13-29-17/h1-6,13,15-16H,7-12,14H2,(H,23,27)(H,24,26). The van der Waals surface area contributed by atoms with E-state index in [0.717, 1.165) is 12.8 Å². The van der Waals surface area contributed by atoms with Gasteiger partial charge in [-0.05, 0) is 49.9 Å². The first-order chi connectivity index (χ1) is 14.1. The Balaban J connectivity index is 1.33. The highest BCUT2D eigenvalue weighted by atomic mass is 16.3. The summed E-state index contributed by atoms with van der Waals surface area (Å²) in [5, 5.41) is 5.71. The van der Waals surface area contributed by atoms with Crippen molar-refractivity contribution in [2.75, 3.05) is 18.4 Å². The molecule has 0 atom stereocenters. The molecule has 1 saturated heterocycles. The van der Waals surface area contributed by atoms with Crippen LogP contribution in [-0.4, -0.2) is 35.7 Å². The molecule has 0 radical (unpaired) electrons. The number of piperidine rings is 1. The molecule has 4 rings (SSSR count). The summed E-state index contributed by atoms with van der Waals surface area (Å²) in [6, 6.07) is 10.5. The fourth-order valence-corrected chi connectivity index (χ4v) is 3.65. The molecule has 3 amide bonds. The van der Waals surface area contributed by atoms with E-state index in [-0.39, 0.29) is 36.1 Å². The number of benzene rings is 1. The van der Waals surface area contributed by atoms with Crippen molar-refractivity contribution in [2.24, 2.45) is 11.8 Å². The number of nitrogens with zero attached hydrogens (tertiary/aromatic N) is 1. The van der Waals surface area contributed by atoms with Gasteiger partial charge in [0.05, 0.1) is 24.1 Å². The average Bonchev–Trinajstić information content (AvgIpc) is 3.47. The van der Waals surface area contributed by atoms with Crippen LogP contribution in [0.3, 0.4) is 0 Å². The lowest BCUT2D eigenvalue weighted by atomic mass is 9.95. The largest absolute Gasteiger partial charge is 0.467 e. The number of anilines is 1. The zero-order valence-corrected chi connectivity index (χ0v) is 16.2. The third-order valence-electron chi connectivity index (χ3n) is 5.54. The van der Waals surface area contributed by atoms with E-state index in [9.17, 15) is 14.4 Å². The second kappa shape index (κ2) is 8.51. The zero-order valence-electron chi connectivity index (χ0n) is 16.2. The van der Waals surface area contributed by atoms with Crippen LogP contribution >= 0.6 is 0 Å². The minimum atomic E-state index is -0.276. The van der Waals surface area contributed by atoms with Gasteiger partial charge in [0.15, 0.2) is 0 Å². The van der Waals surface area contributed by atoms with Crippen LogP contribution in [0.15, 0.2) is 47.1 Å². The summed E-state index contributed by atoms with van der Waals surface area (Å²) in [4.78, 5) is 39.4. The summed E-state index contributed by atoms with van der Waals surface area (Å²) in [7, 11) is 0. The van der Waals surface area contributed by atoms with E-state index in [4.69, 9.17) is 4.42 Å². The molecule has 0 unspecified atom stereocenters. The first kappa shape index (κ1) is 19.2. The molecule has 29 heavy (non-hydrogen) atoms. The number of furan rings is 1. The maximum atomic E-state index is 12.7. The molecule has 2 aromatic rings. The summed E-state index contributed by atoms with van der Waals surface area (Å²) < 4.78 is 5.23. The van der Waals surface area contributed by atoms with Crippen molar-refractivity contribution >= 4 is 23.4 Å². The van der Waals surface area contributed by atoms with Crippen LogP contribution in [0.5, 0.6) is 0 Å². The number of para-hydroxylation sites is 1. The van der Waals surface area contributed by atoms with E-state index in [1.165, 1.54) is 0 Å². The average molecular weight is 395 g/mol. The van der Waals surface area contributed by atoms with Crippen LogP contribution in [0.25, 0.3) is 0 Å². The van der Waals surface area contributed by atoms with Crippen LogP contribution in [0.1, 0.15) is 41.8 Å². The lowest BCUT2D eigenvalue weighted by Crippen LogP contribution is -2.42. The minimum absolute atomic E-state index is 0.102. The summed E-state index contributed by atoms with van der Waals surface area (Å²) in [6.45, 7) is 1.53. The molecule has 7 nitrogen and oxygen atoms in total. The van der Waals surface area contributed by atoms with Gasteiger partial charge in [0.2, 0.25) is 11.8 Å². The van der Waals surface area contributed by atoms with Gasteiger partial charge in [-0.2, -0.15) is 0 Å². The molecule has 1 saturated carbocycles. The lowest BCUT2D eigenvalue weighted by molar-refractivity contribution is -0.135. The summed E-state index contributed by atoms with van der Waals surface area (Å²) in [5.41, 5.74) is 0.902. The first-order valence-electron chi connectivity index (χ1n) is 10.1. The van der Waals surface area contributed by atoms with E-state index in [1.54, 1.807) is 42.7 Å².